The van der Waals surface area contributed by atoms with Gasteiger partial charge in [0.2, 0.25) is 0 Å². The Balaban J connectivity index is 1.93. The second kappa shape index (κ2) is 8.46. The van der Waals surface area contributed by atoms with Gasteiger partial charge in [-0.2, -0.15) is 0 Å². The van der Waals surface area contributed by atoms with Crippen LogP contribution < -0.4 is 5.32 Å². The molecule has 0 saturated heterocycles. The van der Waals surface area contributed by atoms with Gasteiger partial charge in [0.05, 0.1) is 6.61 Å². The molecule has 0 heterocycles. The summed E-state index contributed by atoms with van der Waals surface area (Å²) in [7, 11) is 0. The van der Waals surface area contributed by atoms with Crippen LogP contribution in [0.1, 0.15) is 11.1 Å². The highest BCUT2D eigenvalue weighted by atomic mass is 32.1. The van der Waals surface area contributed by atoms with Crippen LogP contribution >= 0.6 is 12.2 Å². The summed E-state index contributed by atoms with van der Waals surface area (Å²) in [5, 5.41) is 12.9. The maximum absolute atomic E-state index is 12.9. The van der Waals surface area contributed by atoms with E-state index in [1.165, 1.54) is 12.1 Å². The number of benzene rings is 2. The van der Waals surface area contributed by atoms with E-state index in [4.69, 9.17) is 12.2 Å². The number of hydrogen-bond acceptors (Lipinski definition) is 2. The Labute approximate surface area is 135 Å². The second-order valence-electron chi connectivity index (χ2n) is 4.92. The number of halogens is 1. The molecule has 0 saturated carbocycles. The molecule has 116 valence electrons. The molecule has 0 radical (unpaired) electrons. The van der Waals surface area contributed by atoms with Crippen LogP contribution in [0.3, 0.4) is 0 Å². The van der Waals surface area contributed by atoms with Gasteiger partial charge in [-0.25, -0.2) is 4.39 Å². The molecule has 2 aromatic carbocycles. The van der Waals surface area contributed by atoms with Crippen molar-refractivity contribution in [1.29, 1.82) is 0 Å². The minimum absolute atomic E-state index is 0.0329. The van der Waals surface area contributed by atoms with Crippen molar-refractivity contribution in [3.8, 4) is 0 Å². The Bertz CT molecular complexity index is 589. The molecule has 0 amide bonds. The Morgan fingerprint density at radius 2 is 1.73 bits per heavy atom. The van der Waals surface area contributed by atoms with Crippen molar-refractivity contribution >= 4 is 17.3 Å². The first-order valence-corrected chi connectivity index (χ1v) is 7.52. The second-order valence-corrected chi connectivity index (χ2v) is 5.30. The number of hydrogen-bond donors (Lipinski definition) is 2. The molecule has 0 spiro atoms. The fraction of sp³-hybridized carbons (Fsp3) is 0.235. The van der Waals surface area contributed by atoms with Gasteiger partial charge >= 0.3 is 0 Å². The SMILES string of the molecule is OCCN(Cc1ccccc1)C(=S)NCc1ccc(F)cc1. The highest BCUT2D eigenvalue weighted by Crippen LogP contribution is 2.06. The van der Waals surface area contributed by atoms with Gasteiger partial charge in [0.25, 0.3) is 0 Å². The van der Waals surface area contributed by atoms with Gasteiger partial charge in [0.15, 0.2) is 5.11 Å². The molecule has 22 heavy (non-hydrogen) atoms. The Hall–Kier alpha value is -1.98. The van der Waals surface area contributed by atoms with Gasteiger partial charge in [-0.05, 0) is 35.5 Å². The number of nitrogens with zero attached hydrogens (tertiary/aromatic N) is 1. The topological polar surface area (TPSA) is 35.5 Å². The molecule has 0 aromatic heterocycles. The molecule has 2 aromatic rings. The predicted octanol–water partition coefficient (Wildman–Crippen LogP) is 2.69. The fourth-order valence-electron chi connectivity index (χ4n) is 2.07. The molecular weight excluding hydrogens is 299 g/mol. The molecule has 0 aliphatic carbocycles. The molecule has 2 N–H and O–H groups in total. The fourth-order valence-corrected chi connectivity index (χ4v) is 2.30. The van der Waals surface area contributed by atoms with Crippen molar-refractivity contribution in [3.63, 3.8) is 0 Å². The number of aliphatic hydroxyl groups is 1. The quantitative estimate of drug-likeness (QED) is 0.803. The lowest BCUT2D eigenvalue weighted by Crippen LogP contribution is -2.40. The van der Waals surface area contributed by atoms with Gasteiger partial charge in [-0.3, -0.25) is 0 Å². The summed E-state index contributed by atoms with van der Waals surface area (Å²) in [4.78, 5) is 1.91. The first-order valence-electron chi connectivity index (χ1n) is 7.11. The van der Waals surface area contributed by atoms with Crippen LogP contribution in [-0.2, 0) is 13.1 Å². The first kappa shape index (κ1) is 16.4. The van der Waals surface area contributed by atoms with Crippen LogP contribution in [0.4, 0.5) is 4.39 Å². The third kappa shape index (κ3) is 5.09. The van der Waals surface area contributed by atoms with Crippen LogP contribution in [0.25, 0.3) is 0 Å². The molecule has 0 bridgehead atoms. The summed E-state index contributed by atoms with van der Waals surface area (Å²) in [6.07, 6.45) is 0. The van der Waals surface area contributed by atoms with Crippen molar-refractivity contribution in [2.45, 2.75) is 13.1 Å². The van der Waals surface area contributed by atoms with E-state index in [2.05, 4.69) is 5.32 Å². The van der Waals surface area contributed by atoms with Gasteiger partial charge in [0, 0.05) is 19.6 Å². The van der Waals surface area contributed by atoms with E-state index in [1.54, 1.807) is 12.1 Å². The molecule has 5 heteroatoms. The van der Waals surface area contributed by atoms with Gasteiger partial charge in [0.1, 0.15) is 5.82 Å². The standard InChI is InChI=1S/C17H19FN2OS/c18-16-8-6-14(7-9-16)12-19-17(22)20(10-11-21)13-15-4-2-1-3-5-15/h1-9,21H,10-13H2,(H,19,22). The molecule has 0 aliphatic heterocycles. The summed E-state index contributed by atoms with van der Waals surface area (Å²) < 4.78 is 12.9. The van der Waals surface area contributed by atoms with E-state index in [0.717, 1.165) is 11.1 Å². The number of aliphatic hydroxyl groups excluding tert-OH is 1. The predicted molar refractivity (Wildman–Crippen MR) is 89.8 cm³/mol. The van der Waals surface area contributed by atoms with Crippen LogP contribution in [0.5, 0.6) is 0 Å². The van der Waals surface area contributed by atoms with Crippen LogP contribution in [0.15, 0.2) is 54.6 Å². The van der Waals surface area contributed by atoms with E-state index in [0.29, 0.717) is 24.7 Å². The van der Waals surface area contributed by atoms with Crippen molar-refractivity contribution in [1.82, 2.24) is 10.2 Å². The van der Waals surface area contributed by atoms with Crippen molar-refractivity contribution in [2.24, 2.45) is 0 Å². The van der Waals surface area contributed by atoms with E-state index in [9.17, 15) is 9.50 Å². The Morgan fingerprint density at radius 1 is 1.05 bits per heavy atom. The lowest BCUT2D eigenvalue weighted by atomic mass is 10.2. The molecule has 3 nitrogen and oxygen atoms in total. The van der Waals surface area contributed by atoms with Gasteiger partial charge < -0.3 is 15.3 Å². The summed E-state index contributed by atoms with van der Waals surface area (Å²) in [6.45, 7) is 1.65. The zero-order valence-electron chi connectivity index (χ0n) is 12.2. The minimum atomic E-state index is -0.252. The number of nitrogens with one attached hydrogen (secondary N) is 1. The minimum Gasteiger partial charge on any atom is -0.395 e. The van der Waals surface area contributed by atoms with Crippen molar-refractivity contribution in [2.75, 3.05) is 13.2 Å². The molecule has 0 aliphatic rings. The molecular formula is C17H19FN2OS. The van der Waals surface area contributed by atoms with Crippen LogP contribution in [0.2, 0.25) is 0 Å². The molecule has 0 unspecified atom stereocenters. The summed E-state index contributed by atoms with van der Waals surface area (Å²) in [5.74, 6) is -0.252. The highest BCUT2D eigenvalue weighted by molar-refractivity contribution is 7.80. The maximum atomic E-state index is 12.9. The Morgan fingerprint density at radius 3 is 2.36 bits per heavy atom. The van der Waals surface area contributed by atoms with E-state index in [1.807, 2.05) is 35.2 Å². The zero-order chi connectivity index (χ0) is 15.8. The molecule has 2 rings (SSSR count). The zero-order valence-corrected chi connectivity index (χ0v) is 13.0. The van der Waals surface area contributed by atoms with E-state index in [-0.39, 0.29) is 12.4 Å². The smallest absolute Gasteiger partial charge is 0.169 e. The highest BCUT2D eigenvalue weighted by Gasteiger charge is 2.09. The Kier molecular flexibility index (Phi) is 6.30. The third-order valence-corrected chi connectivity index (χ3v) is 3.63. The lowest BCUT2D eigenvalue weighted by molar-refractivity contribution is 0.245. The van der Waals surface area contributed by atoms with E-state index < -0.39 is 0 Å². The molecule has 0 atom stereocenters. The molecule has 0 fully saturated rings. The summed E-state index contributed by atoms with van der Waals surface area (Å²) >= 11 is 5.39. The van der Waals surface area contributed by atoms with Crippen molar-refractivity contribution < 1.29 is 9.50 Å². The van der Waals surface area contributed by atoms with Crippen LogP contribution in [0, 0.1) is 5.82 Å². The van der Waals surface area contributed by atoms with E-state index >= 15 is 0 Å². The summed E-state index contributed by atoms with van der Waals surface area (Å²) in [5.41, 5.74) is 2.08. The largest absolute Gasteiger partial charge is 0.395 e. The normalized spacial score (nSPS) is 10.3. The van der Waals surface area contributed by atoms with Gasteiger partial charge in [-0.15, -0.1) is 0 Å². The number of thiocarbonyl (C=S) groups is 1. The summed E-state index contributed by atoms with van der Waals surface area (Å²) in [6, 6.07) is 16.2. The first-order chi connectivity index (χ1) is 10.7. The monoisotopic (exact) mass is 318 g/mol. The third-order valence-electron chi connectivity index (χ3n) is 3.23. The maximum Gasteiger partial charge on any atom is 0.169 e. The van der Waals surface area contributed by atoms with Gasteiger partial charge in [-0.1, -0.05) is 42.5 Å². The van der Waals surface area contributed by atoms with Crippen LogP contribution in [-0.4, -0.2) is 28.3 Å². The average molecular weight is 318 g/mol. The number of rotatable bonds is 6. The van der Waals surface area contributed by atoms with Crippen molar-refractivity contribution in [3.05, 3.63) is 71.5 Å². The lowest BCUT2D eigenvalue weighted by Gasteiger charge is -2.25. The average Bonchev–Trinajstić information content (AvgIpc) is 2.54.